The minimum absolute atomic E-state index is 0.278. The van der Waals surface area contributed by atoms with E-state index < -0.39 is 17.6 Å². The first kappa shape index (κ1) is 22.3. The van der Waals surface area contributed by atoms with Crippen molar-refractivity contribution in [1.29, 1.82) is 5.26 Å². The van der Waals surface area contributed by atoms with Crippen LogP contribution in [-0.2, 0) is 6.18 Å². The topological polar surface area (TPSA) is 77.4 Å². The summed E-state index contributed by atoms with van der Waals surface area (Å²) in [4.78, 5) is 11.8. The van der Waals surface area contributed by atoms with Gasteiger partial charge in [0, 0.05) is 52.6 Å². The molecular weight excluding hydrogens is 458 g/mol. The summed E-state index contributed by atoms with van der Waals surface area (Å²) in [7, 11) is 0. The number of rotatable bonds is 4. The molecule has 0 saturated carbocycles. The smallest absolute Gasteiger partial charge is 0.384 e. The van der Waals surface area contributed by atoms with Gasteiger partial charge in [-0.25, -0.2) is 9.37 Å². The molecule has 0 aliphatic carbocycles. The number of hydrogen-bond acceptors (Lipinski definition) is 4. The molecule has 3 heterocycles. The zero-order valence-corrected chi connectivity index (χ0v) is 18.3. The number of benzene rings is 2. The third kappa shape index (κ3) is 3.93. The quantitative estimate of drug-likeness (QED) is 0.277. The summed E-state index contributed by atoms with van der Waals surface area (Å²) in [5.41, 5.74) is 2.66. The van der Waals surface area contributed by atoms with E-state index in [-0.39, 0.29) is 11.1 Å². The zero-order chi connectivity index (χ0) is 24.7. The molecule has 0 unspecified atom stereocenters. The van der Waals surface area contributed by atoms with Crippen LogP contribution in [-0.4, -0.2) is 21.5 Å². The molecule has 0 aliphatic rings. The monoisotopic (exact) mass is 475 g/mol. The number of anilines is 1. The number of aromatic amines is 1. The molecule has 0 radical (unpaired) electrons. The highest BCUT2D eigenvalue weighted by Crippen LogP contribution is 2.43. The molecule has 5 nitrogen and oxygen atoms in total. The fourth-order valence-electron chi connectivity index (χ4n) is 4.27. The molecule has 0 bridgehead atoms. The van der Waals surface area contributed by atoms with E-state index >= 15 is 0 Å². The number of nitriles is 1. The third-order valence-corrected chi connectivity index (χ3v) is 5.72. The van der Waals surface area contributed by atoms with Gasteiger partial charge in [-0.15, -0.1) is 0 Å². The van der Waals surface area contributed by atoms with Crippen LogP contribution in [0, 0.1) is 17.1 Å². The first-order valence-electron chi connectivity index (χ1n) is 10.7. The largest absolute Gasteiger partial charge is 0.416 e. The molecular formula is C26H17F4N5. The number of H-pyrrole nitrogens is 1. The van der Waals surface area contributed by atoms with Gasteiger partial charge in [-0.05, 0) is 42.8 Å². The molecule has 0 amide bonds. The maximum Gasteiger partial charge on any atom is 0.416 e. The van der Waals surface area contributed by atoms with Crippen LogP contribution in [0.2, 0.25) is 0 Å². The van der Waals surface area contributed by atoms with Crippen molar-refractivity contribution in [1.82, 2.24) is 15.0 Å². The van der Waals surface area contributed by atoms with Crippen LogP contribution in [0.3, 0.4) is 0 Å². The van der Waals surface area contributed by atoms with Crippen molar-refractivity contribution in [3.05, 3.63) is 78.0 Å². The minimum atomic E-state index is -4.55. The molecule has 5 rings (SSSR count). The number of aromatic nitrogens is 3. The predicted molar refractivity (Wildman–Crippen MR) is 126 cm³/mol. The molecule has 2 N–H and O–H groups in total. The van der Waals surface area contributed by atoms with Gasteiger partial charge < -0.3 is 10.3 Å². The SMILES string of the molecule is CCNc1cc(F)cc2c1[nH]c1ncc(-c3cncc(C#N)c3)c(-c3cccc(C(F)(F)F)c3)c12. The maximum absolute atomic E-state index is 14.6. The van der Waals surface area contributed by atoms with Crippen LogP contribution in [0.4, 0.5) is 23.2 Å². The average molecular weight is 475 g/mol. The van der Waals surface area contributed by atoms with Gasteiger partial charge in [0.15, 0.2) is 0 Å². The molecule has 35 heavy (non-hydrogen) atoms. The Labute approximate surface area is 197 Å². The normalized spacial score (nSPS) is 11.7. The molecule has 3 aromatic heterocycles. The minimum Gasteiger partial charge on any atom is -0.384 e. The molecule has 0 aliphatic heterocycles. The second-order valence-corrected chi connectivity index (χ2v) is 7.95. The van der Waals surface area contributed by atoms with Crippen LogP contribution in [0.25, 0.3) is 44.2 Å². The molecule has 174 valence electrons. The summed E-state index contributed by atoms with van der Waals surface area (Å²) in [5, 5.41) is 13.4. The third-order valence-electron chi connectivity index (χ3n) is 5.72. The van der Waals surface area contributed by atoms with E-state index in [0.717, 1.165) is 12.1 Å². The van der Waals surface area contributed by atoms with Crippen molar-refractivity contribution in [2.75, 3.05) is 11.9 Å². The summed E-state index contributed by atoms with van der Waals surface area (Å²) in [6, 6.07) is 11.3. The van der Waals surface area contributed by atoms with Gasteiger partial charge in [0.05, 0.1) is 22.3 Å². The summed E-state index contributed by atoms with van der Waals surface area (Å²) in [6.45, 7) is 2.42. The van der Waals surface area contributed by atoms with E-state index in [0.29, 0.717) is 50.9 Å². The Balaban J connectivity index is 1.93. The zero-order valence-electron chi connectivity index (χ0n) is 18.3. The standard InChI is InChI=1S/C26H17F4N5/c1-2-33-21-9-18(27)8-19-23-22(15-4-3-5-17(7-15)26(28,29)30)20(13-34-25(23)35-24(19)21)16-6-14(10-31)11-32-12-16/h3-9,11-13,33H,2H2,1H3,(H,34,35). The lowest BCUT2D eigenvalue weighted by Crippen LogP contribution is -2.04. The van der Waals surface area contributed by atoms with Gasteiger partial charge in [0.2, 0.25) is 0 Å². The van der Waals surface area contributed by atoms with Crippen molar-refractivity contribution in [3.8, 4) is 28.3 Å². The van der Waals surface area contributed by atoms with Crippen LogP contribution in [0.1, 0.15) is 18.1 Å². The Morgan fingerprint density at radius 1 is 1.06 bits per heavy atom. The Hall–Kier alpha value is -4.45. The Kier molecular flexibility index (Phi) is 5.36. The van der Waals surface area contributed by atoms with E-state index in [2.05, 4.69) is 20.3 Å². The van der Waals surface area contributed by atoms with Crippen molar-refractivity contribution in [2.24, 2.45) is 0 Å². The molecule has 0 fully saturated rings. The van der Waals surface area contributed by atoms with E-state index in [9.17, 15) is 22.8 Å². The Morgan fingerprint density at radius 3 is 2.63 bits per heavy atom. The van der Waals surface area contributed by atoms with Gasteiger partial charge in [-0.1, -0.05) is 12.1 Å². The first-order chi connectivity index (χ1) is 16.8. The highest BCUT2D eigenvalue weighted by atomic mass is 19.4. The molecule has 0 atom stereocenters. The van der Waals surface area contributed by atoms with Gasteiger partial charge in [-0.2, -0.15) is 18.4 Å². The van der Waals surface area contributed by atoms with Crippen LogP contribution in [0.15, 0.2) is 61.1 Å². The molecule has 2 aromatic carbocycles. The summed E-state index contributed by atoms with van der Waals surface area (Å²) in [5.74, 6) is -0.497. The van der Waals surface area contributed by atoms with Gasteiger partial charge in [-0.3, -0.25) is 4.98 Å². The first-order valence-corrected chi connectivity index (χ1v) is 10.7. The molecule has 0 saturated heterocycles. The number of hydrogen-bond donors (Lipinski definition) is 2. The maximum atomic E-state index is 14.6. The van der Waals surface area contributed by atoms with Crippen LogP contribution < -0.4 is 5.32 Å². The number of nitrogens with one attached hydrogen (secondary N) is 2. The Morgan fingerprint density at radius 2 is 1.89 bits per heavy atom. The second kappa shape index (κ2) is 8.40. The molecule has 0 spiro atoms. The van der Waals surface area contributed by atoms with Crippen molar-refractivity contribution in [3.63, 3.8) is 0 Å². The van der Waals surface area contributed by atoms with Crippen molar-refractivity contribution < 1.29 is 17.6 Å². The summed E-state index contributed by atoms with van der Waals surface area (Å²) in [6.07, 6.45) is -0.118. The Bertz CT molecular complexity index is 1630. The van der Waals surface area contributed by atoms with Gasteiger partial charge >= 0.3 is 6.18 Å². The number of nitrogens with zero attached hydrogens (tertiary/aromatic N) is 3. The summed E-state index contributed by atoms with van der Waals surface area (Å²) < 4.78 is 55.4. The second-order valence-electron chi connectivity index (χ2n) is 7.95. The fourth-order valence-corrected chi connectivity index (χ4v) is 4.27. The average Bonchev–Trinajstić information content (AvgIpc) is 3.22. The molecule has 5 aromatic rings. The predicted octanol–water partition coefficient (Wildman–Crippen LogP) is 6.91. The van der Waals surface area contributed by atoms with Gasteiger partial charge in [0.25, 0.3) is 0 Å². The lowest BCUT2D eigenvalue weighted by molar-refractivity contribution is -0.137. The molecule has 9 heteroatoms. The van der Waals surface area contributed by atoms with E-state index in [1.165, 1.54) is 36.8 Å². The number of alkyl halides is 3. The number of fused-ring (bicyclic) bond motifs is 3. The van der Waals surface area contributed by atoms with E-state index in [4.69, 9.17) is 0 Å². The number of halogens is 4. The highest BCUT2D eigenvalue weighted by molar-refractivity contribution is 6.18. The van der Waals surface area contributed by atoms with E-state index in [1.807, 2.05) is 13.0 Å². The van der Waals surface area contributed by atoms with Crippen molar-refractivity contribution in [2.45, 2.75) is 13.1 Å². The van der Waals surface area contributed by atoms with Crippen molar-refractivity contribution >= 4 is 27.6 Å². The van der Waals surface area contributed by atoms with E-state index in [1.54, 1.807) is 12.1 Å². The summed E-state index contributed by atoms with van der Waals surface area (Å²) >= 11 is 0. The van der Waals surface area contributed by atoms with Crippen LogP contribution >= 0.6 is 0 Å². The highest BCUT2D eigenvalue weighted by Gasteiger charge is 2.31. The lowest BCUT2D eigenvalue weighted by Gasteiger charge is -2.14. The number of pyridine rings is 2. The lowest BCUT2D eigenvalue weighted by atomic mass is 9.92. The fraction of sp³-hybridized carbons (Fsp3) is 0.115. The van der Waals surface area contributed by atoms with Crippen LogP contribution in [0.5, 0.6) is 0 Å². The van der Waals surface area contributed by atoms with Gasteiger partial charge in [0.1, 0.15) is 17.5 Å².